The smallest absolute Gasteiger partial charge is 0.253 e. The van der Waals surface area contributed by atoms with E-state index in [1.54, 1.807) is 16.8 Å². The van der Waals surface area contributed by atoms with Crippen LogP contribution >= 0.6 is 11.3 Å². The summed E-state index contributed by atoms with van der Waals surface area (Å²) in [5.41, 5.74) is 4.20. The lowest BCUT2D eigenvalue weighted by atomic mass is 9.96. The van der Waals surface area contributed by atoms with Crippen molar-refractivity contribution in [2.45, 2.75) is 25.4 Å². The predicted octanol–water partition coefficient (Wildman–Crippen LogP) is 3.78. The van der Waals surface area contributed by atoms with Crippen molar-refractivity contribution >= 4 is 22.9 Å². The standard InChI is InChI=1S/C22H21N5O2S/c28-22(16-6-8-19(9-7-16)29-13-18-14-30-15-23-18)26-10-3-4-17(12-26)21-25-24-20-5-1-2-11-27(20)21/h1-2,5-9,11,14-15,17H,3-4,10,12-13H2. The van der Waals surface area contributed by atoms with Crippen molar-refractivity contribution in [2.24, 2.45) is 0 Å². The Hall–Kier alpha value is -3.26. The van der Waals surface area contributed by atoms with Crippen LogP contribution in [0.4, 0.5) is 0 Å². The van der Waals surface area contributed by atoms with E-state index in [0.717, 1.165) is 42.3 Å². The summed E-state index contributed by atoms with van der Waals surface area (Å²) in [7, 11) is 0. The maximum Gasteiger partial charge on any atom is 0.253 e. The summed E-state index contributed by atoms with van der Waals surface area (Å²) in [6, 6.07) is 13.2. The largest absolute Gasteiger partial charge is 0.487 e. The molecule has 30 heavy (non-hydrogen) atoms. The van der Waals surface area contributed by atoms with Gasteiger partial charge in [0.05, 0.1) is 11.2 Å². The Morgan fingerprint density at radius 2 is 2.07 bits per heavy atom. The first-order valence-corrected chi connectivity index (χ1v) is 10.9. The molecule has 0 bridgehead atoms. The molecule has 1 saturated heterocycles. The number of pyridine rings is 1. The normalized spacial score (nSPS) is 16.7. The topological polar surface area (TPSA) is 72.6 Å². The van der Waals surface area contributed by atoms with Crippen molar-refractivity contribution in [3.63, 3.8) is 0 Å². The van der Waals surface area contributed by atoms with E-state index in [0.29, 0.717) is 18.7 Å². The highest BCUT2D eigenvalue weighted by molar-refractivity contribution is 7.07. The summed E-state index contributed by atoms with van der Waals surface area (Å²) in [6.07, 6.45) is 3.94. The van der Waals surface area contributed by atoms with Gasteiger partial charge in [-0.15, -0.1) is 21.5 Å². The second-order valence-electron chi connectivity index (χ2n) is 7.37. The second kappa shape index (κ2) is 8.23. The number of hydrogen-bond donors (Lipinski definition) is 0. The van der Waals surface area contributed by atoms with Gasteiger partial charge in [-0.1, -0.05) is 6.07 Å². The van der Waals surface area contributed by atoms with Gasteiger partial charge in [-0.2, -0.15) is 0 Å². The maximum atomic E-state index is 13.1. The van der Waals surface area contributed by atoms with E-state index >= 15 is 0 Å². The van der Waals surface area contributed by atoms with Gasteiger partial charge in [-0.25, -0.2) is 4.98 Å². The van der Waals surface area contributed by atoms with E-state index < -0.39 is 0 Å². The minimum atomic E-state index is 0.0413. The van der Waals surface area contributed by atoms with Crippen LogP contribution < -0.4 is 4.74 Å². The third-order valence-electron chi connectivity index (χ3n) is 5.39. The number of hydrogen-bond acceptors (Lipinski definition) is 6. The molecule has 1 aliphatic rings. The van der Waals surface area contributed by atoms with E-state index in [-0.39, 0.29) is 11.8 Å². The summed E-state index contributed by atoms with van der Waals surface area (Å²) in [6.45, 7) is 1.83. The molecule has 0 aliphatic carbocycles. The van der Waals surface area contributed by atoms with Crippen LogP contribution in [-0.4, -0.2) is 43.5 Å². The van der Waals surface area contributed by atoms with Crippen LogP contribution in [-0.2, 0) is 6.61 Å². The Labute approximate surface area is 178 Å². The summed E-state index contributed by atoms with van der Waals surface area (Å²) in [4.78, 5) is 19.2. The Morgan fingerprint density at radius 3 is 2.90 bits per heavy atom. The van der Waals surface area contributed by atoms with Gasteiger partial charge in [-0.05, 0) is 49.2 Å². The molecule has 7 nitrogen and oxygen atoms in total. The quantitative estimate of drug-likeness (QED) is 0.492. The third-order valence-corrected chi connectivity index (χ3v) is 6.02. The van der Waals surface area contributed by atoms with E-state index in [1.165, 1.54) is 0 Å². The summed E-state index contributed by atoms with van der Waals surface area (Å²) in [5, 5.41) is 10.6. The van der Waals surface area contributed by atoms with Crippen LogP contribution in [0.25, 0.3) is 5.65 Å². The van der Waals surface area contributed by atoms with Crippen molar-refractivity contribution in [3.05, 3.63) is 76.6 Å². The molecule has 1 amide bonds. The van der Waals surface area contributed by atoms with Crippen LogP contribution in [0.1, 0.15) is 40.6 Å². The molecule has 1 aliphatic heterocycles. The predicted molar refractivity (Wildman–Crippen MR) is 114 cm³/mol. The number of benzene rings is 1. The molecule has 1 aromatic carbocycles. The molecule has 152 valence electrons. The number of ether oxygens (including phenoxy) is 1. The van der Waals surface area contributed by atoms with Gasteiger partial charge in [0.15, 0.2) is 5.65 Å². The summed E-state index contributed by atoms with van der Waals surface area (Å²) >= 11 is 1.55. The molecule has 1 atom stereocenters. The minimum Gasteiger partial charge on any atom is -0.487 e. The van der Waals surface area contributed by atoms with Gasteiger partial charge in [0.2, 0.25) is 0 Å². The minimum absolute atomic E-state index is 0.0413. The molecule has 3 aromatic heterocycles. The zero-order valence-corrected chi connectivity index (χ0v) is 17.2. The van der Waals surface area contributed by atoms with Crippen molar-refractivity contribution < 1.29 is 9.53 Å². The number of amides is 1. The highest BCUT2D eigenvalue weighted by Gasteiger charge is 2.28. The number of likely N-dealkylation sites (tertiary alicyclic amines) is 1. The number of piperidine rings is 1. The van der Waals surface area contributed by atoms with Gasteiger partial charge in [0.25, 0.3) is 5.91 Å². The molecule has 4 aromatic rings. The highest BCUT2D eigenvalue weighted by atomic mass is 32.1. The number of rotatable bonds is 5. The van der Waals surface area contributed by atoms with Crippen molar-refractivity contribution in [1.29, 1.82) is 0 Å². The average Bonchev–Trinajstić information content (AvgIpc) is 3.48. The lowest BCUT2D eigenvalue weighted by Crippen LogP contribution is -2.39. The third kappa shape index (κ3) is 3.78. The summed E-state index contributed by atoms with van der Waals surface area (Å²) in [5.74, 6) is 1.88. The first-order valence-electron chi connectivity index (χ1n) is 9.97. The second-order valence-corrected chi connectivity index (χ2v) is 8.09. The molecular weight excluding hydrogens is 398 g/mol. The maximum absolute atomic E-state index is 13.1. The van der Waals surface area contributed by atoms with Crippen LogP contribution in [0.15, 0.2) is 59.6 Å². The van der Waals surface area contributed by atoms with Crippen LogP contribution in [0.2, 0.25) is 0 Å². The number of carbonyl (C=O) groups excluding carboxylic acids is 1. The number of thiazole rings is 1. The Balaban J connectivity index is 1.26. The SMILES string of the molecule is O=C(c1ccc(OCc2cscn2)cc1)N1CCCC(c2nnc3ccccn23)C1. The Bertz CT molecular complexity index is 1140. The van der Waals surface area contributed by atoms with Crippen LogP contribution in [0.3, 0.4) is 0 Å². The van der Waals surface area contributed by atoms with Gasteiger partial charge >= 0.3 is 0 Å². The van der Waals surface area contributed by atoms with E-state index in [4.69, 9.17) is 4.74 Å². The molecule has 1 fully saturated rings. The van der Waals surface area contributed by atoms with Gasteiger partial charge in [-0.3, -0.25) is 9.20 Å². The lowest BCUT2D eigenvalue weighted by Gasteiger charge is -2.32. The Kier molecular flexibility index (Phi) is 5.15. The van der Waals surface area contributed by atoms with Crippen LogP contribution in [0, 0.1) is 0 Å². The summed E-state index contributed by atoms with van der Waals surface area (Å²) < 4.78 is 7.76. The fourth-order valence-electron chi connectivity index (χ4n) is 3.85. The molecule has 0 spiro atoms. The Morgan fingerprint density at radius 1 is 1.17 bits per heavy atom. The molecule has 0 radical (unpaired) electrons. The molecule has 5 rings (SSSR count). The molecular formula is C22H21N5O2S. The van der Waals surface area contributed by atoms with E-state index in [9.17, 15) is 4.79 Å². The monoisotopic (exact) mass is 419 g/mol. The highest BCUT2D eigenvalue weighted by Crippen LogP contribution is 2.27. The number of nitrogens with zero attached hydrogens (tertiary/aromatic N) is 5. The lowest BCUT2D eigenvalue weighted by molar-refractivity contribution is 0.0704. The van der Waals surface area contributed by atoms with Gasteiger partial charge in [0, 0.05) is 36.1 Å². The van der Waals surface area contributed by atoms with Crippen molar-refractivity contribution in [2.75, 3.05) is 13.1 Å². The molecule has 1 unspecified atom stereocenters. The first-order chi connectivity index (χ1) is 14.8. The van der Waals surface area contributed by atoms with Crippen LogP contribution in [0.5, 0.6) is 5.75 Å². The average molecular weight is 420 g/mol. The van der Waals surface area contributed by atoms with Crippen molar-refractivity contribution in [3.8, 4) is 5.75 Å². The number of fused-ring (bicyclic) bond motifs is 1. The zero-order valence-electron chi connectivity index (χ0n) is 16.3. The van der Waals surface area contributed by atoms with E-state index in [2.05, 4.69) is 15.2 Å². The molecule has 0 N–H and O–H groups in total. The van der Waals surface area contributed by atoms with Crippen molar-refractivity contribution in [1.82, 2.24) is 24.5 Å². The van der Waals surface area contributed by atoms with Gasteiger partial charge in [0.1, 0.15) is 18.2 Å². The number of carbonyl (C=O) groups is 1. The number of aromatic nitrogens is 4. The van der Waals surface area contributed by atoms with E-state index in [1.807, 2.05) is 63.3 Å². The fraction of sp³-hybridized carbons (Fsp3) is 0.273. The first kappa shape index (κ1) is 18.7. The van der Waals surface area contributed by atoms with Gasteiger partial charge < -0.3 is 9.64 Å². The molecule has 4 heterocycles. The zero-order chi connectivity index (χ0) is 20.3. The fourth-order valence-corrected chi connectivity index (χ4v) is 4.40. The molecule has 0 saturated carbocycles. The molecule has 8 heteroatoms.